The second kappa shape index (κ2) is 5.02. The monoisotopic (exact) mass is 237 g/mol. The number of rotatable bonds is 4. The van der Waals surface area contributed by atoms with Gasteiger partial charge >= 0.3 is 0 Å². The number of pyridine rings is 1. The maximum absolute atomic E-state index is 10.3. The van der Waals surface area contributed by atoms with Crippen molar-refractivity contribution in [1.29, 1.82) is 0 Å². The normalized spacial score (nSPS) is 15.6. The number of β-amino-alcohol motifs (C(OH)–C–C–N with tert-alkyl or cyclic N) is 1. The zero-order chi connectivity index (χ0) is 13.1. The predicted molar refractivity (Wildman–Crippen MR) is 70.7 cm³/mol. The van der Waals surface area contributed by atoms with E-state index in [9.17, 15) is 5.11 Å². The molecule has 0 saturated heterocycles. The van der Waals surface area contributed by atoms with Gasteiger partial charge in [0, 0.05) is 24.7 Å². The lowest BCUT2D eigenvalue weighted by Gasteiger charge is -2.29. The fourth-order valence-corrected chi connectivity index (χ4v) is 1.56. The van der Waals surface area contributed by atoms with Crippen LogP contribution in [-0.2, 0) is 6.42 Å². The van der Waals surface area contributed by atoms with Gasteiger partial charge in [-0.1, -0.05) is 0 Å². The third-order valence-electron chi connectivity index (χ3n) is 2.43. The molecule has 1 aromatic rings. The van der Waals surface area contributed by atoms with Crippen molar-refractivity contribution in [2.45, 2.75) is 45.3 Å². The first-order chi connectivity index (χ1) is 7.68. The lowest BCUT2D eigenvalue weighted by molar-refractivity contribution is 0.0535. The molecule has 0 saturated carbocycles. The van der Waals surface area contributed by atoms with Crippen molar-refractivity contribution >= 4 is 5.82 Å². The molecule has 1 rings (SSSR count). The Hall–Kier alpha value is -1.13. The summed E-state index contributed by atoms with van der Waals surface area (Å²) >= 11 is 0. The Morgan fingerprint density at radius 1 is 1.35 bits per heavy atom. The molecule has 1 heterocycles. The highest BCUT2D eigenvalue weighted by atomic mass is 16.3. The van der Waals surface area contributed by atoms with Gasteiger partial charge in [-0.2, -0.15) is 0 Å². The Kier molecular flexibility index (Phi) is 4.11. The van der Waals surface area contributed by atoms with Crippen LogP contribution >= 0.6 is 0 Å². The number of aliphatic hydroxyl groups is 1. The molecule has 96 valence electrons. The van der Waals surface area contributed by atoms with E-state index in [0.29, 0.717) is 18.8 Å². The third kappa shape index (κ3) is 5.65. The van der Waals surface area contributed by atoms with Crippen LogP contribution in [0.2, 0.25) is 0 Å². The van der Waals surface area contributed by atoms with Gasteiger partial charge in [-0.05, 0) is 45.4 Å². The SMILES string of the molecule is CC(O)(CNC(C)(C)C)Cc1ccnc(N)c1. The van der Waals surface area contributed by atoms with E-state index in [1.807, 2.05) is 13.0 Å². The zero-order valence-corrected chi connectivity index (χ0v) is 11.1. The maximum atomic E-state index is 10.3. The number of nitrogens with two attached hydrogens (primary N) is 1. The molecular weight excluding hydrogens is 214 g/mol. The van der Waals surface area contributed by atoms with Crippen LogP contribution in [0.15, 0.2) is 18.3 Å². The zero-order valence-electron chi connectivity index (χ0n) is 11.1. The summed E-state index contributed by atoms with van der Waals surface area (Å²) in [5.74, 6) is 0.488. The van der Waals surface area contributed by atoms with Crippen LogP contribution in [-0.4, -0.2) is 27.8 Å². The molecule has 0 fully saturated rings. The average Bonchev–Trinajstić information content (AvgIpc) is 2.13. The van der Waals surface area contributed by atoms with Crippen molar-refractivity contribution in [3.63, 3.8) is 0 Å². The summed E-state index contributed by atoms with van der Waals surface area (Å²) in [5.41, 5.74) is 5.82. The third-order valence-corrected chi connectivity index (χ3v) is 2.43. The lowest BCUT2D eigenvalue weighted by Crippen LogP contribution is -2.47. The Balaban J connectivity index is 2.60. The van der Waals surface area contributed by atoms with E-state index in [1.165, 1.54) is 0 Å². The van der Waals surface area contributed by atoms with Crippen LogP contribution < -0.4 is 11.1 Å². The van der Waals surface area contributed by atoms with Crippen molar-refractivity contribution in [1.82, 2.24) is 10.3 Å². The molecule has 0 amide bonds. The highest BCUT2D eigenvalue weighted by Gasteiger charge is 2.23. The van der Waals surface area contributed by atoms with Gasteiger partial charge in [0.1, 0.15) is 5.82 Å². The average molecular weight is 237 g/mol. The van der Waals surface area contributed by atoms with Gasteiger partial charge in [0.05, 0.1) is 5.60 Å². The minimum Gasteiger partial charge on any atom is -0.389 e. The molecule has 4 N–H and O–H groups in total. The first-order valence-corrected chi connectivity index (χ1v) is 5.86. The topological polar surface area (TPSA) is 71.2 Å². The summed E-state index contributed by atoms with van der Waals surface area (Å²) in [4.78, 5) is 3.94. The van der Waals surface area contributed by atoms with E-state index >= 15 is 0 Å². The van der Waals surface area contributed by atoms with E-state index < -0.39 is 5.60 Å². The molecule has 1 unspecified atom stereocenters. The standard InChI is InChI=1S/C13H23N3O/c1-12(2,3)16-9-13(4,17)8-10-5-6-15-11(14)7-10/h5-7,16-17H,8-9H2,1-4H3,(H2,14,15). The molecule has 1 atom stereocenters. The first-order valence-electron chi connectivity index (χ1n) is 5.86. The Morgan fingerprint density at radius 3 is 2.53 bits per heavy atom. The van der Waals surface area contributed by atoms with Gasteiger partial charge in [-0.25, -0.2) is 4.98 Å². The fourth-order valence-electron chi connectivity index (χ4n) is 1.56. The van der Waals surface area contributed by atoms with Gasteiger partial charge in [0.2, 0.25) is 0 Å². The molecule has 0 aliphatic heterocycles. The van der Waals surface area contributed by atoms with Gasteiger partial charge in [0.15, 0.2) is 0 Å². The summed E-state index contributed by atoms with van der Waals surface area (Å²) in [5, 5.41) is 13.6. The summed E-state index contributed by atoms with van der Waals surface area (Å²) in [6, 6.07) is 3.67. The Morgan fingerprint density at radius 2 is 2.00 bits per heavy atom. The largest absolute Gasteiger partial charge is 0.389 e. The van der Waals surface area contributed by atoms with Crippen LogP contribution in [0.25, 0.3) is 0 Å². The molecule has 0 bridgehead atoms. The predicted octanol–water partition coefficient (Wildman–Crippen LogP) is 1.35. The molecular formula is C13H23N3O. The number of hydrogen-bond acceptors (Lipinski definition) is 4. The Labute approximate surface area is 103 Å². The number of aromatic nitrogens is 1. The van der Waals surface area contributed by atoms with Crippen LogP contribution in [0.5, 0.6) is 0 Å². The van der Waals surface area contributed by atoms with Gasteiger partial charge in [0.25, 0.3) is 0 Å². The molecule has 17 heavy (non-hydrogen) atoms. The molecule has 0 radical (unpaired) electrons. The number of nitrogens with one attached hydrogen (secondary N) is 1. The molecule has 0 aliphatic carbocycles. The number of nitrogens with zero attached hydrogens (tertiary/aromatic N) is 1. The highest BCUT2D eigenvalue weighted by Crippen LogP contribution is 2.14. The van der Waals surface area contributed by atoms with Crippen molar-refractivity contribution < 1.29 is 5.11 Å². The molecule has 0 aromatic carbocycles. The van der Waals surface area contributed by atoms with E-state index in [2.05, 4.69) is 31.1 Å². The molecule has 4 heteroatoms. The van der Waals surface area contributed by atoms with E-state index in [1.54, 1.807) is 12.3 Å². The van der Waals surface area contributed by atoms with E-state index in [-0.39, 0.29) is 5.54 Å². The van der Waals surface area contributed by atoms with Crippen molar-refractivity contribution in [3.8, 4) is 0 Å². The van der Waals surface area contributed by atoms with Gasteiger partial charge in [-0.3, -0.25) is 0 Å². The number of hydrogen-bond donors (Lipinski definition) is 3. The van der Waals surface area contributed by atoms with Crippen molar-refractivity contribution in [2.75, 3.05) is 12.3 Å². The number of anilines is 1. The van der Waals surface area contributed by atoms with Gasteiger partial charge < -0.3 is 16.2 Å². The van der Waals surface area contributed by atoms with Crippen LogP contribution in [0, 0.1) is 0 Å². The second-order valence-corrected chi connectivity index (χ2v) is 5.87. The fraction of sp³-hybridized carbons (Fsp3) is 0.615. The second-order valence-electron chi connectivity index (χ2n) is 5.87. The minimum absolute atomic E-state index is 0.00125. The van der Waals surface area contributed by atoms with Gasteiger partial charge in [-0.15, -0.1) is 0 Å². The summed E-state index contributed by atoms with van der Waals surface area (Å²) in [7, 11) is 0. The molecule has 4 nitrogen and oxygen atoms in total. The minimum atomic E-state index is -0.791. The lowest BCUT2D eigenvalue weighted by atomic mass is 9.95. The molecule has 0 aliphatic rings. The van der Waals surface area contributed by atoms with E-state index in [4.69, 9.17) is 5.73 Å². The number of nitrogen functional groups attached to an aromatic ring is 1. The van der Waals surface area contributed by atoms with Crippen molar-refractivity contribution in [3.05, 3.63) is 23.9 Å². The maximum Gasteiger partial charge on any atom is 0.123 e. The van der Waals surface area contributed by atoms with Crippen LogP contribution in [0.3, 0.4) is 0 Å². The quantitative estimate of drug-likeness (QED) is 0.739. The van der Waals surface area contributed by atoms with E-state index in [0.717, 1.165) is 5.56 Å². The Bertz CT molecular complexity index is 369. The summed E-state index contributed by atoms with van der Waals surface area (Å²) in [6.07, 6.45) is 2.22. The highest BCUT2D eigenvalue weighted by molar-refractivity contribution is 5.32. The molecule has 0 spiro atoms. The summed E-state index contributed by atoms with van der Waals surface area (Å²) < 4.78 is 0. The van der Waals surface area contributed by atoms with Crippen LogP contribution in [0.4, 0.5) is 5.82 Å². The summed E-state index contributed by atoms with van der Waals surface area (Å²) in [6.45, 7) is 8.59. The molecule has 1 aromatic heterocycles. The first kappa shape index (κ1) is 13.9. The smallest absolute Gasteiger partial charge is 0.123 e. The van der Waals surface area contributed by atoms with Crippen molar-refractivity contribution in [2.24, 2.45) is 0 Å². The van der Waals surface area contributed by atoms with Crippen LogP contribution in [0.1, 0.15) is 33.3 Å².